The molecule has 1 nitrogen and oxygen atoms in total. The fourth-order valence-electron chi connectivity index (χ4n) is 2.31. The van der Waals surface area contributed by atoms with Crippen LogP contribution in [-0.4, -0.2) is 4.98 Å². The highest BCUT2D eigenvalue weighted by Gasteiger charge is 2.16. The Labute approximate surface area is 130 Å². The predicted octanol–water partition coefficient (Wildman–Crippen LogP) is 5.66. The molecule has 2 rings (SSSR count). The third-order valence-electron chi connectivity index (χ3n) is 3.38. The number of aryl methyl sites for hydroxylation is 1. The summed E-state index contributed by atoms with van der Waals surface area (Å²) in [6.45, 7) is 5.90. The molecule has 0 aliphatic rings. The molecule has 0 saturated carbocycles. The molecule has 0 amide bonds. The maximum atomic E-state index is 6.30. The van der Waals surface area contributed by atoms with E-state index in [2.05, 4.69) is 24.6 Å². The normalized spacial score (nSPS) is 12.2. The minimum Gasteiger partial charge on any atom is -0.260 e. The molecule has 0 aliphatic carbocycles. The number of rotatable bonds is 5. The first kappa shape index (κ1) is 15.1. The predicted molar refractivity (Wildman–Crippen MR) is 86.7 cm³/mol. The molecule has 0 saturated heterocycles. The molecule has 0 radical (unpaired) electrons. The monoisotopic (exact) mass is 305 g/mol. The van der Waals surface area contributed by atoms with E-state index in [1.54, 1.807) is 6.07 Å². The topological polar surface area (TPSA) is 12.9 Å². The Morgan fingerprint density at radius 1 is 1.30 bits per heavy atom. The van der Waals surface area contributed by atoms with E-state index < -0.39 is 0 Å². The average Bonchev–Trinajstić information content (AvgIpc) is 2.45. The van der Waals surface area contributed by atoms with E-state index in [1.807, 2.05) is 30.5 Å². The van der Waals surface area contributed by atoms with Crippen LogP contribution in [0.3, 0.4) is 0 Å². The molecule has 1 aromatic carbocycles. The van der Waals surface area contributed by atoms with Crippen molar-refractivity contribution in [1.29, 1.82) is 0 Å². The van der Waals surface area contributed by atoms with Crippen molar-refractivity contribution in [1.82, 2.24) is 4.98 Å². The maximum Gasteiger partial charge on any atom is 0.0508 e. The van der Waals surface area contributed by atoms with Crippen molar-refractivity contribution in [3.05, 3.63) is 76.0 Å². The van der Waals surface area contributed by atoms with Crippen LogP contribution in [0.1, 0.15) is 36.1 Å². The van der Waals surface area contributed by atoms with Crippen molar-refractivity contribution < 1.29 is 0 Å². The zero-order valence-electron chi connectivity index (χ0n) is 11.4. The van der Waals surface area contributed by atoms with Gasteiger partial charge in [-0.25, -0.2) is 0 Å². The van der Waals surface area contributed by atoms with Crippen LogP contribution in [0.15, 0.2) is 49.2 Å². The number of nitrogens with zero attached hydrogens (tertiary/aromatic N) is 1. The Balaban J connectivity index is 2.37. The summed E-state index contributed by atoms with van der Waals surface area (Å²) >= 11 is 12.3. The van der Waals surface area contributed by atoms with Gasteiger partial charge in [0.25, 0.3) is 0 Å². The van der Waals surface area contributed by atoms with Gasteiger partial charge < -0.3 is 0 Å². The second kappa shape index (κ2) is 6.92. The highest BCUT2D eigenvalue weighted by atomic mass is 35.5. The van der Waals surface area contributed by atoms with Crippen molar-refractivity contribution in [2.75, 3.05) is 0 Å². The van der Waals surface area contributed by atoms with E-state index in [0.29, 0.717) is 10.0 Å². The Kier molecular flexibility index (Phi) is 5.22. The van der Waals surface area contributed by atoms with Crippen molar-refractivity contribution in [2.24, 2.45) is 0 Å². The van der Waals surface area contributed by atoms with Gasteiger partial charge in [0.1, 0.15) is 0 Å². The molecule has 0 bridgehead atoms. The van der Waals surface area contributed by atoms with Crippen LogP contribution < -0.4 is 0 Å². The second-order valence-electron chi connectivity index (χ2n) is 4.76. The summed E-state index contributed by atoms with van der Waals surface area (Å²) in [5.74, 6) is 0.140. The first-order valence-electron chi connectivity index (χ1n) is 6.63. The number of aromatic nitrogens is 1. The van der Waals surface area contributed by atoms with Gasteiger partial charge >= 0.3 is 0 Å². The highest BCUT2D eigenvalue weighted by Crippen LogP contribution is 2.32. The van der Waals surface area contributed by atoms with Gasteiger partial charge in [0.2, 0.25) is 0 Å². The van der Waals surface area contributed by atoms with Crippen LogP contribution in [-0.2, 0) is 6.42 Å². The molecule has 104 valence electrons. The maximum absolute atomic E-state index is 6.30. The van der Waals surface area contributed by atoms with E-state index in [1.165, 1.54) is 5.56 Å². The Morgan fingerprint density at radius 3 is 2.80 bits per heavy atom. The molecule has 0 aliphatic heterocycles. The summed E-state index contributed by atoms with van der Waals surface area (Å²) in [7, 11) is 0. The molecule has 0 fully saturated rings. The van der Waals surface area contributed by atoms with Gasteiger partial charge in [-0.15, -0.1) is 6.58 Å². The van der Waals surface area contributed by atoms with Crippen LogP contribution in [0.4, 0.5) is 0 Å². The Hall–Kier alpha value is -1.31. The molecule has 0 spiro atoms. The molecule has 1 aromatic heterocycles. The summed E-state index contributed by atoms with van der Waals surface area (Å²) in [4.78, 5) is 4.55. The highest BCUT2D eigenvalue weighted by molar-refractivity contribution is 6.35. The van der Waals surface area contributed by atoms with Gasteiger partial charge in [-0.1, -0.05) is 48.3 Å². The number of allylic oxidation sites excluding steroid dienone is 1. The van der Waals surface area contributed by atoms with E-state index in [0.717, 1.165) is 24.1 Å². The van der Waals surface area contributed by atoms with Crippen LogP contribution in [0.5, 0.6) is 0 Å². The fourth-order valence-corrected chi connectivity index (χ4v) is 2.88. The minimum atomic E-state index is 0.140. The molecule has 1 unspecified atom stereocenters. The molecule has 3 heteroatoms. The lowest BCUT2D eigenvalue weighted by atomic mass is 9.92. The third kappa shape index (κ3) is 3.41. The SMILES string of the molecule is C=CCCc1cccnc1C(C)c1ccc(Cl)cc1Cl. The minimum absolute atomic E-state index is 0.140. The Bertz CT molecular complexity index is 608. The molecule has 1 atom stereocenters. The van der Waals surface area contributed by atoms with Gasteiger partial charge in [-0.05, 0) is 42.2 Å². The lowest BCUT2D eigenvalue weighted by molar-refractivity contribution is 0.830. The zero-order valence-corrected chi connectivity index (χ0v) is 13.0. The van der Waals surface area contributed by atoms with Gasteiger partial charge in [0.15, 0.2) is 0 Å². The van der Waals surface area contributed by atoms with Gasteiger partial charge in [0, 0.05) is 22.2 Å². The molecular weight excluding hydrogens is 289 g/mol. The molecule has 20 heavy (non-hydrogen) atoms. The standard InChI is InChI=1S/C17H17Cl2N/c1-3-4-6-13-7-5-10-20-17(13)12(2)15-9-8-14(18)11-16(15)19/h3,5,7-12H,1,4,6H2,2H3. The quantitative estimate of drug-likeness (QED) is 0.650. The van der Waals surface area contributed by atoms with Crippen molar-refractivity contribution in [2.45, 2.75) is 25.7 Å². The molecule has 0 N–H and O–H groups in total. The van der Waals surface area contributed by atoms with Crippen LogP contribution in [0.25, 0.3) is 0 Å². The summed E-state index contributed by atoms with van der Waals surface area (Å²) in [6.07, 6.45) is 5.64. The second-order valence-corrected chi connectivity index (χ2v) is 5.61. The van der Waals surface area contributed by atoms with Gasteiger partial charge in [-0.2, -0.15) is 0 Å². The first-order valence-corrected chi connectivity index (χ1v) is 7.38. The van der Waals surface area contributed by atoms with Crippen molar-refractivity contribution >= 4 is 23.2 Å². The van der Waals surface area contributed by atoms with Crippen LogP contribution in [0.2, 0.25) is 10.0 Å². The summed E-state index contributed by atoms with van der Waals surface area (Å²) in [6, 6.07) is 9.71. The van der Waals surface area contributed by atoms with Gasteiger partial charge in [-0.3, -0.25) is 4.98 Å². The number of hydrogen-bond donors (Lipinski definition) is 0. The molecule has 1 heterocycles. The molecular formula is C17H17Cl2N. The smallest absolute Gasteiger partial charge is 0.0508 e. The Morgan fingerprint density at radius 2 is 2.10 bits per heavy atom. The average molecular weight is 306 g/mol. The largest absolute Gasteiger partial charge is 0.260 e. The van der Waals surface area contributed by atoms with Crippen molar-refractivity contribution in [3.8, 4) is 0 Å². The number of benzene rings is 1. The first-order chi connectivity index (χ1) is 9.63. The van der Waals surface area contributed by atoms with Crippen molar-refractivity contribution in [3.63, 3.8) is 0 Å². The van der Waals surface area contributed by atoms with E-state index in [-0.39, 0.29) is 5.92 Å². The van der Waals surface area contributed by atoms with E-state index in [4.69, 9.17) is 23.2 Å². The molecule has 2 aromatic rings. The number of halogens is 2. The summed E-state index contributed by atoms with van der Waals surface area (Å²) in [5, 5.41) is 1.34. The number of pyridine rings is 1. The van der Waals surface area contributed by atoms with Crippen LogP contribution in [0, 0.1) is 0 Å². The third-order valence-corrected chi connectivity index (χ3v) is 3.95. The number of hydrogen-bond acceptors (Lipinski definition) is 1. The van der Waals surface area contributed by atoms with E-state index >= 15 is 0 Å². The summed E-state index contributed by atoms with van der Waals surface area (Å²) in [5.41, 5.74) is 3.36. The lowest BCUT2D eigenvalue weighted by Crippen LogP contribution is -2.04. The fraction of sp³-hybridized carbons (Fsp3) is 0.235. The zero-order chi connectivity index (χ0) is 14.5. The van der Waals surface area contributed by atoms with Crippen LogP contribution >= 0.6 is 23.2 Å². The van der Waals surface area contributed by atoms with E-state index in [9.17, 15) is 0 Å². The van der Waals surface area contributed by atoms with Gasteiger partial charge in [0.05, 0.1) is 5.69 Å². The lowest BCUT2D eigenvalue weighted by Gasteiger charge is -2.17. The summed E-state index contributed by atoms with van der Waals surface area (Å²) < 4.78 is 0.